The molecule has 2 aliphatic rings. The van der Waals surface area contributed by atoms with Crippen molar-refractivity contribution < 1.29 is 19.1 Å². The summed E-state index contributed by atoms with van der Waals surface area (Å²) in [6.07, 6.45) is 0. The molecule has 0 aromatic heterocycles. The van der Waals surface area contributed by atoms with E-state index in [1.807, 2.05) is 7.05 Å². The third kappa shape index (κ3) is 2.92. The lowest BCUT2D eigenvalue weighted by atomic mass is 10.2. The number of carbonyl (C=O) groups excluding carboxylic acids is 2. The van der Waals surface area contributed by atoms with E-state index in [9.17, 15) is 9.59 Å². The van der Waals surface area contributed by atoms with Crippen molar-refractivity contribution in [2.24, 2.45) is 0 Å². The summed E-state index contributed by atoms with van der Waals surface area (Å²) in [5, 5.41) is 2.60. The van der Waals surface area contributed by atoms with Gasteiger partial charge in [0, 0.05) is 37.9 Å². The monoisotopic (exact) mass is 291 g/mol. The molecule has 7 heteroatoms. The zero-order valence-electron chi connectivity index (χ0n) is 11.8. The number of fused-ring (bicyclic) bond motifs is 1. The summed E-state index contributed by atoms with van der Waals surface area (Å²) in [4.78, 5) is 27.8. The van der Waals surface area contributed by atoms with Gasteiger partial charge in [-0.1, -0.05) is 0 Å². The summed E-state index contributed by atoms with van der Waals surface area (Å²) in [7, 11) is 1.99. The largest absolute Gasteiger partial charge is 0.454 e. The summed E-state index contributed by atoms with van der Waals surface area (Å²) in [6.45, 7) is 2.88. The maximum absolute atomic E-state index is 12.1. The molecular formula is C14H17N3O4. The highest BCUT2D eigenvalue weighted by Gasteiger charge is 2.25. The fourth-order valence-corrected chi connectivity index (χ4v) is 2.31. The lowest BCUT2D eigenvalue weighted by molar-refractivity contribution is -0.144. The summed E-state index contributed by atoms with van der Waals surface area (Å²) in [5.41, 5.74) is 0.520. The first-order valence-electron chi connectivity index (χ1n) is 6.82. The van der Waals surface area contributed by atoms with Crippen molar-refractivity contribution in [2.75, 3.05) is 45.3 Å². The lowest BCUT2D eigenvalue weighted by Gasteiger charge is -2.31. The number of hydrogen-bond donors (Lipinski definition) is 1. The highest BCUT2D eigenvalue weighted by Crippen LogP contribution is 2.34. The fourth-order valence-electron chi connectivity index (χ4n) is 2.31. The summed E-state index contributed by atoms with van der Waals surface area (Å²) < 4.78 is 10.4. The predicted octanol–water partition coefficient (Wildman–Crippen LogP) is 0.128. The zero-order valence-corrected chi connectivity index (χ0v) is 11.8. The summed E-state index contributed by atoms with van der Waals surface area (Å²) in [5.74, 6) is 0.0809. The van der Waals surface area contributed by atoms with E-state index in [0.717, 1.165) is 13.1 Å². The molecule has 2 amide bonds. The van der Waals surface area contributed by atoms with Gasteiger partial charge in [0.2, 0.25) is 6.79 Å². The first kappa shape index (κ1) is 13.7. The Balaban J connectivity index is 1.62. The minimum Gasteiger partial charge on any atom is -0.454 e. The van der Waals surface area contributed by atoms with E-state index >= 15 is 0 Å². The first-order chi connectivity index (χ1) is 10.1. The average Bonchev–Trinajstić information content (AvgIpc) is 2.95. The molecule has 1 aromatic rings. The van der Waals surface area contributed by atoms with E-state index in [-0.39, 0.29) is 6.79 Å². The van der Waals surface area contributed by atoms with Gasteiger partial charge >= 0.3 is 11.8 Å². The van der Waals surface area contributed by atoms with Gasteiger partial charge in [0.15, 0.2) is 11.5 Å². The topological polar surface area (TPSA) is 71.1 Å². The molecule has 1 aromatic carbocycles. The summed E-state index contributed by atoms with van der Waals surface area (Å²) in [6, 6.07) is 5.04. The second-order valence-corrected chi connectivity index (χ2v) is 5.12. The molecule has 0 atom stereocenters. The number of benzene rings is 1. The normalized spacial score (nSPS) is 17.7. The maximum Gasteiger partial charge on any atom is 0.313 e. The average molecular weight is 291 g/mol. The SMILES string of the molecule is CN1CCN(C(=O)C(=O)Nc2ccc3c(c2)OCO3)CC1. The highest BCUT2D eigenvalue weighted by molar-refractivity contribution is 6.39. The van der Waals surface area contributed by atoms with Crippen LogP contribution in [0.1, 0.15) is 0 Å². The van der Waals surface area contributed by atoms with Gasteiger partial charge < -0.3 is 24.6 Å². The van der Waals surface area contributed by atoms with Crippen LogP contribution in [-0.4, -0.2) is 61.6 Å². The second kappa shape index (κ2) is 5.61. The van der Waals surface area contributed by atoms with Gasteiger partial charge in [-0.3, -0.25) is 9.59 Å². The Labute approximate surface area is 122 Å². The molecule has 1 saturated heterocycles. The third-order valence-corrected chi connectivity index (χ3v) is 3.62. The number of nitrogens with zero attached hydrogens (tertiary/aromatic N) is 2. The van der Waals surface area contributed by atoms with Gasteiger partial charge in [0.25, 0.3) is 0 Å². The molecule has 0 saturated carbocycles. The van der Waals surface area contributed by atoms with E-state index in [4.69, 9.17) is 9.47 Å². The fraction of sp³-hybridized carbons (Fsp3) is 0.429. The molecule has 3 rings (SSSR count). The van der Waals surface area contributed by atoms with E-state index < -0.39 is 11.8 Å². The number of amides is 2. The quantitative estimate of drug-likeness (QED) is 0.745. The van der Waals surface area contributed by atoms with Crippen LogP contribution in [-0.2, 0) is 9.59 Å². The molecule has 112 valence electrons. The van der Waals surface area contributed by atoms with Gasteiger partial charge in [-0.05, 0) is 19.2 Å². The van der Waals surface area contributed by atoms with Gasteiger partial charge in [-0.25, -0.2) is 0 Å². The second-order valence-electron chi connectivity index (χ2n) is 5.12. The van der Waals surface area contributed by atoms with Crippen molar-refractivity contribution >= 4 is 17.5 Å². The van der Waals surface area contributed by atoms with Crippen LogP contribution in [0.3, 0.4) is 0 Å². The van der Waals surface area contributed by atoms with Gasteiger partial charge in [-0.15, -0.1) is 0 Å². The molecule has 0 bridgehead atoms. The van der Waals surface area contributed by atoms with Crippen molar-refractivity contribution in [1.82, 2.24) is 9.80 Å². The van der Waals surface area contributed by atoms with Crippen LogP contribution in [0.2, 0.25) is 0 Å². The smallest absolute Gasteiger partial charge is 0.313 e. The number of piperazine rings is 1. The number of ether oxygens (including phenoxy) is 2. The third-order valence-electron chi connectivity index (χ3n) is 3.62. The minimum absolute atomic E-state index is 0.174. The van der Waals surface area contributed by atoms with Gasteiger partial charge in [0.05, 0.1) is 0 Å². The highest BCUT2D eigenvalue weighted by atomic mass is 16.7. The maximum atomic E-state index is 12.1. The van der Waals surface area contributed by atoms with E-state index in [1.165, 1.54) is 0 Å². The Bertz CT molecular complexity index is 567. The Morgan fingerprint density at radius 1 is 1.10 bits per heavy atom. The number of hydrogen-bond acceptors (Lipinski definition) is 5. The van der Waals surface area contributed by atoms with Crippen molar-refractivity contribution in [3.8, 4) is 11.5 Å². The summed E-state index contributed by atoms with van der Waals surface area (Å²) >= 11 is 0. The Hall–Kier alpha value is -2.28. The van der Waals surface area contributed by atoms with Crippen LogP contribution in [0.25, 0.3) is 0 Å². The van der Waals surface area contributed by atoms with Crippen molar-refractivity contribution in [2.45, 2.75) is 0 Å². The van der Waals surface area contributed by atoms with Crippen LogP contribution < -0.4 is 14.8 Å². The molecule has 0 unspecified atom stereocenters. The predicted molar refractivity (Wildman–Crippen MR) is 75.3 cm³/mol. The van der Waals surface area contributed by atoms with E-state index in [2.05, 4.69) is 10.2 Å². The number of carbonyl (C=O) groups is 2. The zero-order chi connectivity index (χ0) is 14.8. The number of anilines is 1. The van der Waals surface area contributed by atoms with Crippen LogP contribution in [0.15, 0.2) is 18.2 Å². The Morgan fingerprint density at radius 3 is 2.57 bits per heavy atom. The molecule has 0 aliphatic carbocycles. The molecule has 2 aliphatic heterocycles. The van der Waals surface area contributed by atoms with Crippen molar-refractivity contribution in [1.29, 1.82) is 0 Å². The van der Waals surface area contributed by atoms with Crippen molar-refractivity contribution in [3.63, 3.8) is 0 Å². The number of nitrogens with one attached hydrogen (secondary N) is 1. The van der Waals surface area contributed by atoms with Gasteiger partial charge in [0.1, 0.15) is 0 Å². The lowest BCUT2D eigenvalue weighted by Crippen LogP contribution is -2.50. The molecule has 1 fully saturated rings. The van der Waals surface area contributed by atoms with Crippen LogP contribution in [0.5, 0.6) is 11.5 Å². The minimum atomic E-state index is -0.626. The van der Waals surface area contributed by atoms with Crippen LogP contribution in [0.4, 0.5) is 5.69 Å². The first-order valence-corrected chi connectivity index (χ1v) is 6.82. The van der Waals surface area contributed by atoms with Crippen LogP contribution >= 0.6 is 0 Å². The standard InChI is InChI=1S/C14H17N3O4/c1-16-4-6-17(7-5-16)14(19)13(18)15-10-2-3-11-12(8-10)21-9-20-11/h2-3,8H,4-7,9H2,1H3,(H,15,18). The van der Waals surface area contributed by atoms with E-state index in [0.29, 0.717) is 30.3 Å². The Morgan fingerprint density at radius 2 is 1.81 bits per heavy atom. The Kier molecular flexibility index (Phi) is 3.66. The molecule has 0 spiro atoms. The van der Waals surface area contributed by atoms with Gasteiger partial charge in [-0.2, -0.15) is 0 Å². The molecule has 7 nitrogen and oxygen atoms in total. The molecular weight excluding hydrogens is 274 g/mol. The number of likely N-dealkylation sites (N-methyl/N-ethyl adjacent to an activating group) is 1. The van der Waals surface area contributed by atoms with Crippen LogP contribution in [0, 0.1) is 0 Å². The molecule has 1 N–H and O–H groups in total. The molecule has 0 radical (unpaired) electrons. The van der Waals surface area contributed by atoms with E-state index in [1.54, 1.807) is 23.1 Å². The molecule has 2 heterocycles. The van der Waals surface area contributed by atoms with Crippen molar-refractivity contribution in [3.05, 3.63) is 18.2 Å². The molecule has 21 heavy (non-hydrogen) atoms. The number of rotatable bonds is 1.